The van der Waals surface area contributed by atoms with Gasteiger partial charge in [-0.15, -0.1) is 11.8 Å². The van der Waals surface area contributed by atoms with E-state index >= 15 is 0 Å². The number of carboxylic acid groups (broad SMARTS) is 1. The number of nitro benzene ring substituents is 2. The summed E-state index contributed by atoms with van der Waals surface area (Å²) in [5.41, 5.74) is -0.619. The van der Waals surface area contributed by atoms with E-state index in [0.717, 1.165) is 24.8 Å². The van der Waals surface area contributed by atoms with E-state index in [1.807, 2.05) is 0 Å². The Morgan fingerprint density at radius 2 is 1.91 bits per heavy atom. The molecule has 2 N–H and O–H groups in total. The van der Waals surface area contributed by atoms with Crippen LogP contribution in [0, 0.1) is 27.2 Å². The molecular formula is C12H13N3O7S. The van der Waals surface area contributed by atoms with Crippen LogP contribution in [-0.4, -0.2) is 38.6 Å². The van der Waals surface area contributed by atoms with Gasteiger partial charge in [0.25, 0.3) is 11.4 Å². The van der Waals surface area contributed by atoms with Crippen LogP contribution in [0.5, 0.6) is 0 Å². The number of non-ortho nitro benzene ring substituents is 1. The molecule has 11 heteroatoms. The second kappa shape index (κ2) is 7.54. The number of hydrogen-bond donors (Lipinski definition) is 2. The minimum absolute atomic E-state index is 0.122. The number of benzene rings is 1. The highest BCUT2D eigenvalue weighted by Gasteiger charge is 2.25. The summed E-state index contributed by atoms with van der Waals surface area (Å²) < 4.78 is 0. The molecule has 0 aromatic heterocycles. The van der Waals surface area contributed by atoms with E-state index in [-0.39, 0.29) is 16.2 Å². The van der Waals surface area contributed by atoms with Gasteiger partial charge in [-0.25, -0.2) is 4.79 Å². The summed E-state index contributed by atoms with van der Waals surface area (Å²) in [6, 6.07) is 0.763. The Balaban J connectivity index is 3.12. The topological polar surface area (TPSA) is 153 Å². The fourth-order valence-corrected chi connectivity index (χ4v) is 2.88. The molecule has 0 heterocycles. The third-order valence-corrected chi connectivity index (χ3v) is 4.04. The van der Waals surface area contributed by atoms with Crippen molar-refractivity contribution in [3.8, 4) is 0 Å². The summed E-state index contributed by atoms with van der Waals surface area (Å²) in [5, 5.41) is 33.1. The molecule has 1 aromatic rings. The van der Waals surface area contributed by atoms with Crippen LogP contribution in [0.25, 0.3) is 0 Å². The lowest BCUT2D eigenvalue weighted by molar-refractivity contribution is -0.396. The molecule has 0 unspecified atom stereocenters. The summed E-state index contributed by atoms with van der Waals surface area (Å²) in [6.45, 7) is 2.61. The zero-order chi connectivity index (χ0) is 17.7. The number of thioether (sulfide) groups is 1. The molecule has 1 atom stereocenters. The quantitative estimate of drug-likeness (QED) is 0.429. The number of nitrogens with one attached hydrogen (secondary N) is 1. The van der Waals surface area contributed by atoms with Gasteiger partial charge in [0, 0.05) is 18.7 Å². The molecule has 0 radical (unpaired) electrons. The van der Waals surface area contributed by atoms with Crippen LogP contribution in [0.1, 0.15) is 12.5 Å². The summed E-state index contributed by atoms with van der Waals surface area (Å²) in [7, 11) is 0. The van der Waals surface area contributed by atoms with E-state index in [4.69, 9.17) is 5.11 Å². The largest absolute Gasteiger partial charge is 0.480 e. The third-order valence-electron chi connectivity index (χ3n) is 2.72. The molecule has 1 amide bonds. The van der Waals surface area contributed by atoms with E-state index in [1.54, 1.807) is 0 Å². The van der Waals surface area contributed by atoms with Crippen molar-refractivity contribution < 1.29 is 24.5 Å². The van der Waals surface area contributed by atoms with Gasteiger partial charge in [-0.2, -0.15) is 0 Å². The Hall–Kier alpha value is -2.69. The number of rotatable bonds is 7. The van der Waals surface area contributed by atoms with E-state index in [1.165, 1.54) is 13.0 Å². The number of nitro groups is 2. The second-order valence-electron chi connectivity index (χ2n) is 4.53. The first kappa shape index (κ1) is 18.4. The Morgan fingerprint density at radius 1 is 1.30 bits per heavy atom. The smallest absolute Gasteiger partial charge is 0.327 e. The number of nitrogens with zero attached hydrogens (tertiary/aromatic N) is 2. The van der Waals surface area contributed by atoms with Crippen molar-refractivity contribution in [3.63, 3.8) is 0 Å². The Bertz CT molecular complexity index is 677. The van der Waals surface area contributed by atoms with Crippen LogP contribution in [-0.2, 0) is 9.59 Å². The molecule has 0 spiro atoms. The molecular weight excluding hydrogens is 330 g/mol. The van der Waals surface area contributed by atoms with Crippen molar-refractivity contribution in [1.82, 2.24) is 5.32 Å². The predicted octanol–water partition coefficient (Wildman–Crippen LogP) is 1.49. The number of carbonyl (C=O) groups excluding carboxylic acids is 1. The Morgan fingerprint density at radius 3 is 2.35 bits per heavy atom. The highest BCUT2D eigenvalue weighted by Crippen LogP contribution is 2.36. The number of aryl methyl sites for hydroxylation is 1. The molecule has 0 fully saturated rings. The SMILES string of the molecule is CC(=O)N[C@@H](CSc1c(C)cc([N+](=O)[O-])cc1[N+](=O)[O-])C(=O)O. The summed E-state index contributed by atoms with van der Waals surface area (Å²) in [4.78, 5) is 42.5. The van der Waals surface area contributed by atoms with Crippen LogP contribution < -0.4 is 5.32 Å². The van der Waals surface area contributed by atoms with Crippen LogP contribution in [0.15, 0.2) is 17.0 Å². The molecule has 0 aliphatic rings. The fraction of sp³-hybridized carbons (Fsp3) is 0.333. The van der Waals surface area contributed by atoms with Gasteiger partial charge in [0.05, 0.1) is 20.8 Å². The van der Waals surface area contributed by atoms with Crippen LogP contribution in [0.2, 0.25) is 0 Å². The standard InChI is InChI=1S/C12H13N3O7S/c1-6-3-8(14(19)20)4-10(15(21)22)11(6)23-5-9(12(17)18)13-7(2)16/h3-4,9H,5H2,1-2H3,(H,13,16)(H,17,18)/t9-/m0/s1. The molecule has 0 saturated heterocycles. The fourth-order valence-electron chi connectivity index (χ4n) is 1.75. The maximum absolute atomic E-state index is 11.1. The van der Waals surface area contributed by atoms with Gasteiger partial charge >= 0.3 is 5.97 Å². The molecule has 0 saturated carbocycles. The van der Waals surface area contributed by atoms with Crippen molar-refractivity contribution in [2.45, 2.75) is 24.8 Å². The first-order chi connectivity index (χ1) is 10.6. The second-order valence-corrected chi connectivity index (χ2v) is 5.56. The lowest BCUT2D eigenvalue weighted by atomic mass is 10.2. The number of aliphatic carboxylic acids is 1. The lowest BCUT2D eigenvalue weighted by Crippen LogP contribution is -2.41. The van der Waals surface area contributed by atoms with Crippen molar-refractivity contribution in [1.29, 1.82) is 0 Å². The van der Waals surface area contributed by atoms with E-state index < -0.39 is 39.1 Å². The normalized spacial score (nSPS) is 11.6. The number of carboxylic acids is 1. The Labute approximate surface area is 134 Å². The molecule has 0 aliphatic heterocycles. The van der Waals surface area contributed by atoms with Gasteiger partial charge in [-0.3, -0.25) is 25.0 Å². The highest BCUT2D eigenvalue weighted by atomic mass is 32.2. The van der Waals surface area contributed by atoms with E-state index in [0.29, 0.717) is 0 Å². The lowest BCUT2D eigenvalue weighted by Gasteiger charge is -2.13. The van der Waals surface area contributed by atoms with Crippen LogP contribution >= 0.6 is 11.8 Å². The van der Waals surface area contributed by atoms with Gasteiger partial charge in [-0.1, -0.05) is 0 Å². The van der Waals surface area contributed by atoms with Gasteiger partial charge in [0.1, 0.15) is 6.04 Å². The molecule has 0 aliphatic carbocycles. The van der Waals surface area contributed by atoms with Gasteiger partial charge in [0.2, 0.25) is 5.91 Å². The average molecular weight is 343 g/mol. The maximum atomic E-state index is 11.1. The molecule has 0 bridgehead atoms. The summed E-state index contributed by atoms with van der Waals surface area (Å²) in [5.74, 6) is -1.99. The molecule has 1 aromatic carbocycles. The maximum Gasteiger partial charge on any atom is 0.327 e. The number of amides is 1. The first-order valence-electron chi connectivity index (χ1n) is 6.19. The van der Waals surface area contributed by atoms with Gasteiger partial charge in [-0.05, 0) is 12.5 Å². The molecule has 124 valence electrons. The predicted molar refractivity (Wildman–Crippen MR) is 80.5 cm³/mol. The zero-order valence-corrected chi connectivity index (χ0v) is 13.0. The van der Waals surface area contributed by atoms with Crippen molar-refractivity contribution in [2.75, 3.05) is 5.75 Å². The summed E-state index contributed by atoms with van der Waals surface area (Å²) >= 11 is 0.841. The highest BCUT2D eigenvalue weighted by molar-refractivity contribution is 7.99. The van der Waals surface area contributed by atoms with Crippen molar-refractivity contribution in [2.24, 2.45) is 0 Å². The third kappa shape index (κ3) is 4.92. The molecule has 1 rings (SSSR count). The zero-order valence-electron chi connectivity index (χ0n) is 12.1. The summed E-state index contributed by atoms with van der Waals surface area (Å²) in [6.07, 6.45) is 0. The van der Waals surface area contributed by atoms with Crippen molar-refractivity contribution in [3.05, 3.63) is 37.9 Å². The van der Waals surface area contributed by atoms with Crippen molar-refractivity contribution >= 4 is 35.0 Å². The van der Waals surface area contributed by atoms with Gasteiger partial charge < -0.3 is 10.4 Å². The monoisotopic (exact) mass is 343 g/mol. The Kier molecular flexibility index (Phi) is 6.02. The molecule has 23 heavy (non-hydrogen) atoms. The average Bonchev–Trinajstić information content (AvgIpc) is 2.42. The minimum Gasteiger partial charge on any atom is -0.480 e. The van der Waals surface area contributed by atoms with E-state index in [2.05, 4.69) is 5.32 Å². The van der Waals surface area contributed by atoms with E-state index in [9.17, 15) is 29.8 Å². The van der Waals surface area contributed by atoms with Gasteiger partial charge in [0.15, 0.2) is 0 Å². The van der Waals surface area contributed by atoms with Crippen LogP contribution in [0.3, 0.4) is 0 Å². The number of carbonyl (C=O) groups is 2. The first-order valence-corrected chi connectivity index (χ1v) is 7.18. The molecule has 10 nitrogen and oxygen atoms in total. The minimum atomic E-state index is -1.28. The number of hydrogen-bond acceptors (Lipinski definition) is 7. The van der Waals surface area contributed by atoms with Crippen LogP contribution in [0.4, 0.5) is 11.4 Å².